The number of carbonyl (C=O) groups excluding carboxylic acids is 1. The summed E-state index contributed by atoms with van der Waals surface area (Å²) in [7, 11) is 0. The van der Waals surface area contributed by atoms with Crippen LogP contribution in [0.1, 0.15) is 42.1 Å². The van der Waals surface area contributed by atoms with E-state index in [4.69, 9.17) is 0 Å². The number of likely N-dealkylation sites (tertiary alicyclic amines) is 2. The molecule has 1 amide bonds. The van der Waals surface area contributed by atoms with E-state index >= 15 is 0 Å². The highest BCUT2D eigenvalue weighted by Crippen LogP contribution is 2.22. The van der Waals surface area contributed by atoms with E-state index in [0.717, 1.165) is 25.1 Å². The average molecular weight is 302 g/mol. The van der Waals surface area contributed by atoms with E-state index in [1.165, 1.54) is 31.5 Å². The Kier molecular flexibility index (Phi) is 4.79. The van der Waals surface area contributed by atoms with Crippen LogP contribution < -0.4 is 0 Å². The molecule has 2 fully saturated rings. The maximum atomic E-state index is 12.6. The molecule has 1 aromatic rings. The summed E-state index contributed by atoms with van der Waals surface area (Å²) in [5.74, 6) is 0.322. The molecule has 1 N–H and O–H groups in total. The lowest BCUT2D eigenvalue weighted by Gasteiger charge is -2.19. The smallest absolute Gasteiger partial charge is 0.253 e. The van der Waals surface area contributed by atoms with Crippen LogP contribution in [-0.2, 0) is 6.54 Å². The van der Waals surface area contributed by atoms with Gasteiger partial charge in [-0.25, -0.2) is 0 Å². The summed E-state index contributed by atoms with van der Waals surface area (Å²) in [6.45, 7) is 6.52. The van der Waals surface area contributed by atoms with Crippen molar-refractivity contribution in [2.75, 3.05) is 26.2 Å². The van der Waals surface area contributed by atoms with Crippen molar-refractivity contribution in [3.8, 4) is 0 Å². The zero-order chi connectivity index (χ0) is 15.5. The summed E-state index contributed by atoms with van der Waals surface area (Å²) in [5, 5.41) is 9.68. The third-order valence-corrected chi connectivity index (χ3v) is 4.97. The van der Waals surface area contributed by atoms with Gasteiger partial charge in [-0.1, -0.05) is 12.1 Å². The van der Waals surface area contributed by atoms with Gasteiger partial charge in [-0.3, -0.25) is 9.69 Å². The molecule has 0 radical (unpaired) electrons. The van der Waals surface area contributed by atoms with E-state index in [1.807, 2.05) is 30.0 Å². The predicted molar refractivity (Wildman–Crippen MR) is 86.6 cm³/mol. The largest absolute Gasteiger partial charge is 0.393 e. The van der Waals surface area contributed by atoms with Crippen molar-refractivity contribution >= 4 is 5.91 Å². The monoisotopic (exact) mass is 302 g/mol. The van der Waals surface area contributed by atoms with Gasteiger partial charge >= 0.3 is 0 Å². The van der Waals surface area contributed by atoms with Gasteiger partial charge in [0, 0.05) is 31.1 Å². The van der Waals surface area contributed by atoms with Gasteiger partial charge < -0.3 is 10.0 Å². The first-order valence-electron chi connectivity index (χ1n) is 8.42. The second-order valence-corrected chi connectivity index (χ2v) is 6.72. The Hall–Kier alpha value is -1.39. The lowest BCUT2D eigenvalue weighted by atomic mass is 10.0. The third-order valence-electron chi connectivity index (χ3n) is 4.97. The van der Waals surface area contributed by atoms with E-state index < -0.39 is 0 Å². The quantitative estimate of drug-likeness (QED) is 0.926. The van der Waals surface area contributed by atoms with Gasteiger partial charge in [0.05, 0.1) is 6.10 Å². The number of carbonyl (C=O) groups is 1. The first-order valence-corrected chi connectivity index (χ1v) is 8.42. The van der Waals surface area contributed by atoms with Crippen molar-refractivity contribution in [2.24, 2.45) is 5.92 Å². The lowest BCUT2D eigenvalue weighted by molar-refractivity contribution is 0.0762. The summed E-state index contributed by atoms with van der Waals surface area (Å²) in [5.41, 5.74) is 2.00. The van der Waals surface area contributed by atoms with Crippen LogP contribution in [0.3, 0.4) is 0 Å². The predicted octanol–water partition coefficient (Wildman–Crippen LogP) is 2.13. The zero-order valence-electron chi connectivity index (χ0n) is 13.4. The fourth-order valence-electron chi connectivity index (χ4n) is 3.55. The van der Waals surface area contributed by atoms with Crippen molar-refractivity contribution in [1.29, 1.82) is 0 Å². The number of amides is 1. The summed E-state index contributed by atoms with van der Waals surface area (Å²) in [6, 6.07) is 8.04. The summed E-state index contributed by atoms with van der Waals surface area (Å²) in [4.78, 5) is 17.0. The van der Waals surface area contributed by atoms with Crippen molar-refractivity contribution in [1.82, 2.24) is 9.80 Å². The molecule has 4 heteroatoms. The highest BCUT2D eigenvalue weighted by Gasteiger charge is 2.29. The zero-order valence-corrected chi connectivity index (χ0v) is 13.4. The molecule has 0 saturated carbocycles. The second kappa shape index (κ2) is 6.80. The van der Waals surface area contributed by atoms with Crippen molar-refractivity contribution < 1.29 is 9.90 Å². The Morgan fingerprint density at radius 2 is 2.09 bits per heavy atom. The normalized spacial score (nSPS) is 23.9. The Balaban J connectivity index is 1.65. The minimum Gasteiger partial charge on any atom is -0.393 e. The Morgan fingerprint density at radius 3 is 2.77 bits per heavy atom. The minimum absolute atomic E-state index is 0.103. The molecule has 120 valence electrons. The van der Waals surface area contributed by atoms with Gasteiger partial charge in [0.25, 0.3) is 5.91 Å². The van der Waals surface area contributed by atoms with E-state index in [9.17, 15) is 9.90 Å². The maximum absolute atomic E-state index is 12.6. The number of aliphatic hydroxyl groups excluding tert-OH is 1. The standard InChI is InChI=1S/C18H26N2O2/c1-14(21)17-7-10-20(13-17)18(22)16-6-4-5-15(11-16)12-19-8-2-3-9-19/h4-6,11,14,17,21H,2-3,7-10,12-13H2,1H3. The molecule has 4 nitrogen and oxygen atoms in total. The fraction of sp³-hybridized carbons (Fsp3) is 0.611. The second-order valence-electron chi connectivity index (χ2n) is 6.72. The Labute approximate surface area is 132 Å². The van der Waals surface area contributed by atoms with Crippen LogP contribution in [0.2, 0.25) is 0 Å². The minimum atomic E-state index is -0.334. The molecular formula is C18H26N2O2. The number of benzene rings is 1. The number of hydrogen-bond donors (Lipinski definition) is 1. The first-order chi connectivity index (χ1) is 10.6. The van der Waals surface area contributed by atoms with E-state index in [-0.39, 0.29) is 17.9 Å². The highest BCUT2D eigenvalue weighted by atomic mass is 16.3. The van der Waals surface area contributed by atoms with Crippen LogP contribution in [-0.4, -0.2) is 53.1 Å². The van der Waals surface area contributed by atoms with Gasteiger partial charge in [0.1, 0.15) is 0 Å². The molecule has 2 aliphatic rings. The van der Waals surface area contributed by atoms with Crippen LogP contribution in [0, 0.1) is 5.92 Å². The number of hydrogen-bond acceptors (Lipinski definition) is 3. The molecule has 0 aromatic heterocycles. The molecule has 2 heterocycles. The van der Waals surface area contributed by atoms with Crippen LogP contribution in [0.5, 0.6) is 0 Å². The molecule has 2 aliphatic heterocycles. The molecule has 3 rings (SSSR count). The van der Waals surface area contributed by atoms with Crippen LogP contribution in [0.4, 0.5) is 0 Å². The summed E-state index contributed by atoms with van der Waals surface area (Å²) < 4.78 is 0. The highest BCUT2D eigenvalue weighted by molar-refractivity contribution is 5.94. The Morgan fingerprint density at radius 1 is 1.32 bits per heavy atom. The third kappa shape index (κ3) is 3.50. The number of aliphatic hydroxyl groups is 1. The molecule has 22 heavy (non-hydrogen) atoms. The number of nitrogens with zero attached hydrogens (tertiary/aromatic N) is 2. The van der Waals surface area contributed by atoms with E-state index in [1.54, 1.807) is 0 Å². The molecular weight excluding hydrogens is 276 g/mol. The number of rotatable bonds is 4. The SMILES string of the molecule is CC(O)C1CCN(C(=O)c2cccc(CN3CCCC3)c2)C1. The van der Waals surface area contributed by atoms with Crippen molar-refractivity contribution in [2.45, 2.75) is 38.8 Å². The Bertz CT molecular complexity index is 524. The molecule has 0 aliphatic carbocycles. The average Bonchev–Trinajstić information content (AvgIpc) is 3.18. The fourth-order valence-corrected chi connectivity index (χ4v) is 3.55. The van der Waals surface area contributed by atoms with Gasteiger partial charge in [0.15, 0.2) is 0 Å². The van der Waals surface area contributed by atoms with Crippen molar-refractivity contribution in [3.05, 3.63) is 35.4 Å². The summed E-state index contributed by atoms with van der Waals surface area (Å²) >= 11 is 0. The van der Waals surface area contributed by atoms with Crippen LogP contribution >= 0.6 is 0 Å². The molecule has 2 unspecified atom stereocenters. The molecule has 0 spiro atoms. The molecule has 2 saturated heterocycles. The summed E-state index contributed by atoms with van der Waals surface area (Å²) in [6.07, 6.45) is 3.14. The van der Waals surface area contributed by atoms with Gasteiger partial charge in [-0.05, 0) is 57.0 Å². The van der Waals surface area contributed by atoms with E-state index in [0.29, 0.717) is 6.54 Å². The topological polar surface area (TPSA) is 43.8 Å². The lowest BCUT2D eigenvalue weighted by Crippen LogP contribution is -2.30. The van der Waals surface area contributed by atoms with Gasteiger partial charge in [0.2, 0.25) is 0 Å². The van der Waals surface area contributed by atoms with Crippen LogP contribution in [0.25, 0.3) is 0 Å². The molecule has 1 aromatic carbocycles. The molecule has 2 atom stereocenters. The van der Waals surface area contributed by atoms with E-state index in [2.05, 4.69) is 11.0 Å². The van der Waals surface area contributed by atoms with Gasteiger partial charge in [-0.2, -0.15) is 0 Å². The van der Waals surface area contributed by atoms with Crippen LogP contribution in [0.15, 0.2) is 24.3 Å². The maximum Gasteiger partial charge on any atom is 0.253 e. The molecule has 0 bridgehead atoms. The first kappa shape index (κ1) is 15.5. The van der Waals surface area contributed by atoms with Gasteiger partial charge in [-0.15, -0.1) is 0 Å². The van der Waals surface area contributed by atoms with Crippen molar-refractivity contribution in [3.63, 3.8) is 0 Å².